The van der Waals surface area contributed by atoms with E-state index >= 15 is 0 Å². The summed E-state index contributed by atoms with van der Waals surface area (Å²) in [6.45, 7) is 2.98. The third-order valence-electron chi connectivity index (χ3n) is 3.23. The Morgan fingerprint density at radius 3 is 3.00 bits per heavy atom. The Kier molecular flexibility index (Phi) is 3.25. The van der Waals surface area contributed by atoms with Gasteiger partial charge in [0.15, 0.2) is 0 Å². The molecule has 1 saturated heterocycles. The second kappa shape index (κ2) is 4.66. The summed E-state index contributed by atoms with van der Waals surface area (Å²) in [7, 11) is 0. The van der Waals surface area contributed by atoms with Gasteiger partial charge in [0.1, 0.15) is 11.5 Å². The molecule has 1 aromatic carbocycles. The number of carbonyl (C=O) groups is 1. The maximum Gasteiger partial charge on any atom is 0.141 e. The number of aromatic hydroxyl groups is 1. The van der Waals surface area contributed by atoms with E-state index in [0.29, 0.717) is 6.42 Å². The van der Waals surface area contributed by atoms with E-state index in [1.807, 2.05) is 6.07 Å². The number of Topliss-reactive ketones (excluding diaryl/α,β-unsaturated/α-hetero) is 1. The van der Waals surface area contributed by atoms with Crippen molar-refractivity contribution in [3.8, 4) is 5.75 Å². The van der Waals surface area contributed by atoms with Crippen molar-refractivity contribution in [1.82, 2.24) is 5.32 Å². The van der Waals surface area contributed by atoms with E-state index in [2.05, 4.69) is 12.2 Å². The summed E-state index contributed by atoms with van der Waals surface area (Å²) in [4.78, 5) is 12.0. The molecule has 2 rings (SSSR count). The minimum Gasteiger partial charge on any atom is -0.508 e. The lowest BCUT2D eigenvalue weighted by Crippen LogP contribution is -2.29. The Morgan fingerprint density at radius 2 is 2.38 bits per heavy atom. The van der Waals surface area contributed by atoms with Gasteiger partial charge in [-0.1, -0.05) is 12.1 Å². The smallest absolute Gasteiger partial charge is 0.141 e. The van der Waals surface area contributed by atoms with Crippen LogP contribution in [0.5, 0.6) is 5.75 Å². The molecule has 1 aliphatic rings. The van der Waals surface area contributed by atoms with Crippen LogP contribution < -0.4 is 5.32 Å². The van der Waals surface area contributed by atoms with Gasteiger partial charge in [-0.25, -0.2) is 0 Å². The summed E-state index contributed by atoms with van der Waals surface area (Å²) < 4.78 is 0. The quantitative estimate of drug-likeness (QED) is 0.810. The van der Waals surface area contributed by atoms with Crippen molar-refractivity contribution in [2.75, 3.05) is 6.54 Å². The topological polar surface area (TPSA) is 49.3 Å². The minimum absolute atomic E-state index is 0.127. The highest BCUT2D eigenvalue weighted by Crippen LogP contribution is 2.19. The Hall–Kier alpha value is -1.35. The molecule has 1 heterocycles. The molecular weight excluding hydrogens is 202 g/mol. The molecule has 2 N–H and O–H groups in total. The van der Waals surface area contributed by atoms with Crippen LogP contribution in [0.2, 0.25) is 0 Å². The zero-order valence-corrected chi connectivity index (χ0v) is 9.44. The summed E-state index contributed by atoms with van der Waals surface area (Å²) >= 11 is 0. The summed E-state index contributed by atoms with van der Waals surface area (Å²) in [5.74, 6) is 0.619. The van der Waals surface area contributed by atoms with Crippen LogP contribution in [0.15, 0.2) is 24.3 Å². The maximum absolute atomic E-state index is 12.0. The lowest BCUT2D eigenvalue weighted by molar-refractivity contribution is -0.122. The molecule has 1 aliphatic heterocycles. The first-order chi connectivity index (χ1) is 7.66. The molecule has 16 heavy (non-hydrogen) atoms. The molecule has 0 spiro atoms. The van der Waals surface area contributed by atoms with Gasteiger partial charge < -0.3 is 10.4 Å². The summed E-state index contributed by atoms with van der Waals surface area (Å²) in [6, 6.07) is 7.21. The predicted molar refractivity (Wildman–Crippen MR) is 62.4 cm³/mol. The van der Waals surface area contributed by atoms with Crippen LogP contribution in [0, 0.1) is 5.92 Å². The number of rotatable bonds is 3. The number of hydrogen-bond donors (Lipinski definition) is 2. The highest BCUT2D eigenvalue weighted by atomic mass is 16.3. The van der Waals surface area contributed by atoms with E-state index in [-0.39, 0.29) is 23.5 Å². The van der Waals surface area contributed by atoms with Crippen LogP contribution in [0.3, 0.4) is 0 Å². The van der Waals surface area contributed by atoms with Crippen molar-refractivity contribution in [3.05, 3.63) is 29.8 Å². The van der Waals surface area contributed by atoms with Crippen molar-refractivity contribution < 1.29 is 9.90 Å². The molecule has 0 radical (unpaired) electrons. The first kappa shape index (κ1) is 11.1. The number of hydrogen-bond acceptors (Lipinski definition) is 3. The van der Waals surface area contributed by atoms with E-state index in [1.165, 1.54) is 0 Å². The molecule has 3 heteroatoms. The van der Waals surface area contributed by atoms with Crippen LogP contribution in [0.1, 0.15) is 18.9 Å². The average molecular weight is 219 g/mol. The Balaban J connectivity index is 2.02. The predicted octanol–water partition coefficient (Wildman–Crippen LogP) is 1.50. The fourth-order valence-electron chi connectivity index (χ4n) is 2.30. The SMILES string of the molecule is CC1NCCC1C(=O)Cc1cccc(O)c1. The molecule has 2 atom stereocenters. The van der Waals surface area contributed by atoms with Gasteiger partial charge in [0.05, 0.1) is 0 Å². The molecule has 0 saturated carbocycles. The first-order valence-corrected chi connectivity index (χ1v) is 5.71. The van der Waals surface area contributed by atoms with Crippen molar-refractivity contribution in [3.63, 3.8) is 0 Å². The van der Waals surface area contributed by atoms with Crippen molar-refractivity contribution in [2.45, 2.75) is 25.8 Å². The molecule has 1 fully saturated rings. The molecule has 3 nitrogen and oxygen atoms in total. The largest absolute Gasteiger partial charge is 0.508 e. The van der Waals surface area contributed by atoms with E-state index < -0.39 is 0 Å². The van der Waals surface area contributed by atoms with E-state index in [1.54, 1.807) is 18.2 Å². The van der Waals surface area contributed by atoms with Crippen LogP contribution in [0.25, 0.3) is 0 Å². The lowest BCUT2D eigenvalue weighted by atomic mass is 9.92. The molecule has 0 aliphatic carbocycles. The van der Waals surface area contributed by atoms with Gasteiger partial charge in [-0.05, 0) is 37.6 Å². The molecule has 1 aromatic rings. The molecule has 2 unspecified atom stereocenters. The van der Waals surface area contributed by atoms with E-state index in [4.69, 9.17) is 0 Å². The number of nitrogens with one attached hydrogen (secondary N) is 1. The maximum atomic E-state index is 12.0. The molecule has 0 aromatic heterocycles. The number of phenols is 1. The normalized spacial score (nSPS) is 24.6. The summed E-state index contributed by atoms with van der Waals surface area (Å²) in [5.41, 5.74) is 0.893. The van der Waals surface area contributed by atoms with Crippen molar-refractivity contribution in [2.24, 2.45) is 5.92 Å². The fraction of sp³-hybridized carbons (Fsp3) is 0.462. The summed E-state index contributed by atoms with van der Waals surface area (Å²) in [5, 5.41) is 12.6. The van der Waals surface area contributed by atoms with Gasteiger partial charge in [-0.2, -0.15) is 0 Å². The zero-order valence-electron chi connectivity index (χ0n) is 9.44. The second-order valence-corrected chi connectivity index (χ2v) is 4.45. The fourth-order valence-corrected chi connectivity index (χ4v) is 2.30. The van der Waals surface area contributed by atoms with Gasteiger partial charge in [0.25, 0.3) is 0 Å². The molecule has 0 amide bonds. The monoisotopic (exact) mass is 219 g/mol. The summed E-state index contributed by atoms with van der Waals surface area (Å²) in [6.07, 6.45) is 1.35. The minimum atomic E-state index is 0.127. The van der Waals surface area contributed by atoms with Gasteiger partial charge in [-0.3, -0.25) is 4.79 Å². The van der Waals surface area contributed by atoms with Crippen LogP contribution in [-0.2, 0) is 11.2 Å². The highest BCUT2D eigenvalue weighted by Gasteiger charge is 2.28. The number of carbonyl (C=O) groups excluding carboxylic acids is 1. The van der Waals surface area contributed by atoms with Gasteiger partial charge >= 0.3 is 0 Å². The highest BCUT2D eigenvalue weighted by molar-refractivity contribution is 5.84. The average Bonchev–Trinajstić information content (AvgIpc) is 2.64. The van der Waals surface area contributed by atoms with Gasteiger partial charge in [-0.15, -0.1) is 0 Å². The molecule has 0 bridgehead atoms. The first-order valence-electron chi connectivity index (χ1n) is 5.71. The van der Waals surface area contributed by atoms with Crippen molar-refractivity contribution in [1.29, 1.82) is 0 Å². The van der Waals surface area contributed by atoms with Crippen LogP contribution in [-0.4, -0.2) is 23.5 Å². The Labute approximate surface area is 95.5 Å². The van der Waals surface area contributed by atoms with E-state index in [9.17, 15) is 9.90 Å². The third-order valence-corrected chi connectivity index (χ3v) is 3.23. The van der Waals surface area contributed by atoms with Crippen LogP contribution in [0.4, 0.5) is 0 Å². The third kappa shape index (κ3) is 2.42. The van der Waals surface area contributed by atoms with Gasteiger partial charge in [0, 0.05) is 18.4 Å². The molecule has 86 valence electrons. The standard InChI is InChI=1S/C13H17NO2/c1-9-12(5-6-14-9)13(16)8-10-3-2-4-11(15)7-10/h2-4,7,9,12,14-15H,5-6,8H2,1H3. The van der Waals surface area contributed by atoms with Crippen molar-refractivity contribution >= 4 is 5.78 Å². The second-order valence-electron chi connectivity index (χ2n) is 4.45. The van der Waals surface area contributed by atoms with Gasteiger partial charge in [0.2, 0.25) is 0 Å². The number of ketones is 1. The van der Waals surface area contributed by atoms with Crippen LogP contribution >= 0.6 is 0 Å². The molecular formula is C13H17NO2. The number of phenolic OH excluding ortho intramolecular Hbond substituents is 1. The van der Waals surface area contributed by atoms with E-state index in [0.717, 1.165) is 18.5 Å². The zero-order chi connectivity index (χ0) is 11.5. The lowest BCUT2D eigenvalue weighted by Gasteiger charge is -2.13. The number of benzene rings is 1. The Bertz CT molecular complexity index is 389. The Morgan fingerprint density at radius 1 is 1.56 bits per heavy atom.